The summed E-state index contributed by atoms with van der Waals surface area (Å²) in [5.74, 6) is 0.172. The van der Waals surface area contributed by atoms with Crippen LogP contribution in [0.2, 0.25) is 0 Å². The maximum atomic E-state index is 12.1. The van der Waals surface area contributed by atoms with E-state index in [-0.39, 0.29) is 11.8 Å². The fraction of sp³-hybridized carbons (Fsp3) is 0.538. The predicted octanol–water partition coefficient (Wildman–Crippen LogP) is 2.02. The SMILES string of the molecule is CCCS(=O)(=O)c1ccccc1NC(CC)CN. The summed E-state index contributed by atoms with van der Waals surface area (Å²) in [5.41, 5.74) is 6.29. The number of nitrogens with two attached hydrogens (primary N) is 1. The zero-order valence-corrected chi connectivity index (χ0v) is 11.8. The number of nitrogens with one attached hydrogen (secondary N) is 1. The Hall–Kier alpha value is -1.07. The lowest BCUT2D eigenvalue weighted by molar-refractivity contribution is 0.594. The predicted molar refractivity (Wildman–Crippen MR) is 75.5 cm³/mol. The van der Waals surface area contributed by atoms with Gasteiger partial charge in [-0.05, 0) is 25.0 Å². The number of sulfone groups is 1. The molecular formula is C13H22N2O2S. The molecule has 0 aliphatic heterocycles. The molecule has 0 bridgehead atoms. The van der Waals surface area contributed by atoms with Gasteiger partial charge in [0.05, 0.1) is 16.3 Å². The molecule has 1 unspecified atom stereocenters. The van der Waals surface area contributed by atoms with Crippen LogP contribution in [0.25, 0.3) is 0 Å². The normalized spacial score (nSPS) is 13.3. The summed E-state index contributed by atoms with van der Waals surface area (Å²) in [6.07, 6.45) is 1.48. The first kappa shape index (κ1) is 15.0. The molecule has 0 fully saturated rings. The van der Waals surface area contributed by atoms with E-state index in [4.69, 9.17) is 5.73 Å². The highest BCUT2D eigenvalue weighted by atomic mass is 32.2. The monoisotopic (exact) mass is 270 g/mol. The largest absolute Gasteiger partial charge is 0.380 e. The van der Waals surface area contributed by atoms with Gasteiger partial charge in [0, 0.05) is 12.6 Å². The molecule has 3 N–H and O–H groups in total. The lowest BCUT2D eigenvalue weighted by atomic mass is 10.2. The number of benzene rings is 1. The minimum Gasteiger partial charge on any atom is -0.380 e. The summed E-state index contributed by atoms with van der Waals surface area (Å²) in [7, 11) is -3.21. The second-order valence-electron chi connectivity index (χ2n) is 4.30. The first-order valence-electron chi connectivity index (χ1n) is 6.33. The smallest absolute Gasteiger partial charge is 0.180 e. The highest BCUT2D eigenvalue weighted by molar-refractivity contribution is 7.91. The molecule has 0 heterocycles. The van der Waals surface area contributed by atoms with E-state index in [1.165, 1.54) is 0 Å². The van der Waals surface area contributed by atoms with E-state index in [0.29, 0.717) is 23.5 Å². The molecule has 1 aromatic carbocycles. The van der Waals surface area contributed by atoms with Gasteiger partial charge in [-0.3, -0.25) is 0 Å². The summed E-state index contributed by atoms with van der Waals surface area (Å²) < 4.78 is 24.3. The molecule has 0 amide bonds. The fourth-order valence-corrected chi connectivity index (χ4v) is 3.29. The van der Waals surface area contributed by atoms with E-state index in [1.807, 2.05) is 19.9 Å². The van der Waals surface area contributed by atoms with Crippen LogP contribution in [0, 0.1) is 0 Å². The topological polar surface area (TPSA) is 72.2 Å². The average Bonchev–Trinajstić information content (AvgIpc) is 2.36. The minimum atomic E-state index is -3.21. The molecule has 4 nitrogen and oxygen atoms in total. The number of anilines is 1. The van der Waals surface area contributed by atoms with Crippen LogP contribution in [0.15, 0.2) is 29.2 Å². The molecule has 0 radical (unpaired) electrons. The Morgan fingerprint density at radius 1 is 1.28 bits per heavy atom. The van der Waals surface area contributed by atoms with E-state index in [1.54, 1.807) is 18.2 Å². The van der Waals surface area contributed by atoms with Crippen molar-refractivity contribution in [2.24, 2.45) is 5.73 Å². The first-order chi connectivity index (χ1) is 8.55. The fourth-order valence-electron chi connectivity index (χ4n) is 1.78. The summed E-state index contributed by atoms with van der Waals surface area (Å²) in [5, 5.41) is 3.21. The van der Waals surface area contributed by atoms with Crippen LogP contribution in [0.1, 0.15) is 26.7 Å². The van der Waals surface area contributed by atoms with Gasteiger partial charge in [-0.2, -0.15) is 0 Å². The zero-order valence-electron chi connectivity index (χ0n) is 11.0. The van der Waals surface area contributed by atoms with Gasteiger partial charge in [0.25, 0.3) is 0 Å². The maximum absolute atomic E-state index is 12.1. The maximum Gasteiger partial charge on any atom is 0.180 e. The van der Waals surface area contributed by atoms with E-state index < -0.39 is 9.84 Å². The van der Waals surface area contributed by atoms with Crippen molar-refractivity contribution in [1.29, 1.82) is 0 Å². The van der Waals surface area contributed by atoms with E-state index >= 15 is 0 Å². The Labute approximate surface area is 110 Å². The lowest BCUT2D eigenvalue weighted by Crippen LogP contribution is -2.28. The average molecular weight is 270 g/mol. The molecule has 18 heavy (non-hydrogen) atoms. The van der Waals surface area contributed by atoms with Gasteiger partial charge in [-0.1, -0.05) is 26.0 Å². The van der Waals surface area contributed by atoms with Crippen LogP contribution in [0.5, 0.6) is 0 Å². The summed E-state index contributed by atoms with van der Waals surface area (Å²) >= 11 is 0. The molecule has 5 heteroatoms. The molecular weight excluding hydrogens is 248 g/mol. The van der Waals surface area contributed by atoms with E-state index in [9.17, 15) is 8.42 Å². The highest BCUT2D eigenvalue weighted by Gasteiger charge is 2.18. The van der Waals surface area contributed by atoms with E-state index in [0.717, 1.165) is 6.42 Å². The Balaban J connectivity index is 3.07. The van der Waals surface area contributed by atoms with Gasteiger partial charge in [-0.15, -0.1) is 0 Å². The van der Waals surface area contributed by atoms with Gasteiger partial charge < -0.3 is 11.1 Å². The van der Waals surface area contributed by atoms with Crippen molar-refractivity contribution < 1.29 is 8.42 Å². The molecule has 0 spiro atoms. The van der Waals surface area contributed by atoms with Crippen LogP contribution in [-0.2, 0) is 9.84 Å². The Morgan fingerprint density at radius 3 is 2.50 bits per heavy atom. The van der Waals surface area contributed by atoms with Crippen LogP contribution < -0.4 is 11.1 Å². The summed E-state index contributed by atoms with van der Waals surface area (Å²) in [6, 6.07) is 7.12. The first-order valence-corrected chi connectivity index (χ1v) is 7.98. The zero-order chi connectivity index (χ0) is 13.6. The van der Waals surface area contributed by atoms with Crippen LogP contribution >= 0.6 is 0 Å². The Kier molecular flexibility index (Phi) is 5.62. The van der Waals surface area contributed by atoms with Gasteiger partial charge >= 0.3 is 0 Å². The quantitative estimate of drug-likeness (QED) is 0.795. The summed E-state index contributed by atoms with van der Waals surface area (Å²) in [4.78, 5) is 0.374. The molecule has 0 aromatic heterocycles. The number of hydrogen-bond acceptors (Lipinski definition) is 4. The molecule has 1 rings (SSSR count). The third-order valence-corrected chi connectivity index (χ3v) is 4.80. The van der Waals surface area contributed by atoms with Crippen molar-refractivity contribution in [2.75, 3.05) is 17.6 Å². The minimum absolute atomic E-state index is 0.1000. The van der Waals surface area contributed by atoms with E-state index in [2.05, 4.69) is 5.32 Å². The summed E-state index contributed by atoms with van der Waals surface area (Å²) in [6.45, 7) is 4.37. The molecule has 0 saturated carbocycles. The number of rotatable bonds is 7. The van der Waals surface area contributed by atoms with Gasteiger partial charge in [0.2, 0.25) is 0 Å². The number of hydrogen-bond donors (Lipinski definition) is 2. The lowest BCUT2D eigenvalue weighted by Gasteiger charge is -2.18. The number of para-hydroxylation sites is 1. The second kappa shape index (κ2) is 6.75. The van der Waals surface area contributed by atoms with Crippen molar-refractivity contribution in [3.8, 4) is 0 Å². The van der Waals surface area contributed by atoms with Crippen molar-refractivity contribution in [3.63, 3.8) is 0 Å². The molecule has 0 saturated heterocycles. The van der Waals surface area contributed by atoms with Crippen LogP contribution in [-0.4, -0.2) is 26.8 Å². The molecule has 1 atom stereocenters. The van der Waals surface area contributed by atoms with Crippen molar-refractivity contribution in [3.05, 3.63) is 24.3 Å². The second-order valence-corrected chi connectivity index (χ2v) is 6.38. The van der Waals surface area contributed by atoms with Gasteiger partial charge in [-0.25, -0.2) is 8.42 Å². The van der Waals surface area contributed by atoms with Crippen LogP contribution in [0.4, 0.5) is 5.69 Å². The standard InChI is InChI=1S/C13H22N2O2S/c1-3-9-18(16,17)13-8-6-5-7-12(13)15-11(4-2)10-14/h5-8,11,15H,3-4,9-10,14H2,1-2H3. The Bertz CT molecular complexity index is 468. The Morgan fingerprint density at radius 2 is 1.94 bits per heavy atom. The van der Waals surface area contributed by atoms with Gasteiger partial charge in [0.1, 0.15) is 0 Å². The van der Waals surface area contributed by atoms with Crippen molar-refractivity contribution in [1.82, 2.24) is 0 Å². The highest BCUT2D eigenvalue weighted by Crippen LogP contribution is 2.23. The van der Waals surface area contributed by atoms with Gasteiger partial charge in [0.15, 0.2) is 9.84 Å². The molecule has 0 aliphatic carbocycles. The molecule has 0 aliphatic rings. The third-order valence-electron chi connectivity index (χ3n) is 2.83. The molecule has 102 valence electrons. The third kappa shape index (κ3) is 3.71. The van der Waals surface area contributed by atoms with Crippen molar-refractivity contribution >= 4 is 15.5 Å². The van der Waals surface area contributed by atoms with Crippen LogP contribution in [0.3, 0.4) is 0 Å². The molecule has 1 aromatic rings. The van der Waals surface area contributed by atoms with Crippen molar-refractivity contribution in [2.45, 2.75) is 37.6 Å².